The van der Waals surface area contributed by atoms with E-state index in [4.69, 9.17) is 4.74 Å². The van der Waals surface area contributed by atoms with Crippen molar-refractivity contribution in [2.75, 3.05) is 0 Å². The normalized spacial score (nSPS) is 25.4. The summed E-state index contributed by atoms with van der Waals surface area (Å²) in [5.41, 5.74) is 0.247. The van der Waals surface area contributed by atoms with Gasteiger partial charge in [0.25, 0.3) is 5.91 Å². The number of nitrogens with one attached hydrogen (secondary N) is 1. The number of hydrogen-bond donors (Lipinski definition) is 1. The van der Waals surface area contributed by atoms with Crippen molar-refractivity contribution in [3.05, 3.63) is 35.3 Å². The third-order valence-corrected chi connectivity index (χ3v) is 4.73. The van der Waals surface area contributed by atoms with Crippen LogP contribution in [-0.2, 0) is 9.53 Å². The summed E-state index contributed by atoms with van der Waals surface area (Å²) in [4.78, 5) is 24.2. The Morgan fingerprint density at radius 3 is 2.61 bits per heavy atom. The Morgan fingerprint density at radius 2 is 1.96 bits per heavy atom. The first-order valence-electron chi connectivity index (χ1n) is 8.08. The fourth-order valence-electron chi connectivity index (χ4n) is 2.92. The molecule has 6 nitrogen and oxygen atoms in total. The number of hydrogen-bond acceptors (Lipinski definition) is 4. The molecule has 126 valence electrons. The van der Waals surface area contributed by atoms with Gasteiger partial charge >= 0.3 is 5.97 Å². The predicted molar refractivity (Wildman–Crippen MR) is 84.4 cm³/mol. The van der Waals surface area contributed by atoms with Gasteiger partial charge in [-0.05, 0) is 25.2 Å². The van der Waals surface area contributed by atoms with E-state index in [9.17, 15) is 14.8 Å². The first kappa shape index (κ1) is 17.2. The molecule has 1 aromatic rings. The number of rotatable bonds is 4. The van der Waals surface area contributed by atoms with Crippen molar-refractivity contribution in [3.63, 3.8) is 0 Å². The maximum Gasteiger partial charge on any atom is 0.339 e. The topological polar surface area (TPSA) is 82.3 Å². The Kier molecular flexibility index (Phi) is 5.58. The molecule has 1 fully saturated rings. The molecule has 1 amide bonds. The molecule has 1 N–H and O–H groups in total. The molecule has 0 saturated heterocycles. The van der Waals surface area contributed by atoms with Gasteiger partial charge in [0.15, 0.2) is 18.5 Å². The quantitative estimate of drug-likeness (QED) is 0.521. The van der Waals surface area contributed by atoms with Gasteiger partial charge in [0.05, 0.1) is 5.56 Å². The number of pyridine rings is 1. The number of ether oxygens (including phenoxy) is 1. The summed E-state index contributed by atoms with van der Waals surface area (Å²) in [6.07, 6.45) is 4.81. The third kappa shape index (κ3) is 4.43. The lowest BCUT2D eigenvalue weighted by Gasteiger charge is -2.35. The molecule has 1 aromatic heterocycles. The smallest absolute Gasteiger partial charge is 0.339 e. The number of amides is 1. The molecule has 23 heavy (non-hydrogen) atoms. The number of carbonyl (C=O) groups is 2. The first-order chi connectivity index (χ1) is 10.9. The summed E-state index contributed by atoms with van der Waals surface area (Å²) in [6.45, 7) is 5.90. The van der Waals surface area contributed by atoms with Crippen LogP contribution in [0.1, 0.15) is 50.4 Å². The van der Waals surface area contributed by atoms with Crippen molar-refractivity contribution in [3.8, 4) is 0 Å². The average Bonchev–Trinajstić information content (AvgIpc) is 2.52. The summed E-state index contributed by atoms with van der Waals surface area (Å²) in [5.74, 6) is 0.102. The highest BCUT2D eigenvalue weighted by molar-refractivity contribution is 5.92. The van der Waals surface area contributed by atoms with Gasteiger partial charge in [-0.15, -0.1) is 0 Å². The molecule has 1 heterocycles. The molecule has 0 aliphatic heterocycles. The van der Waals surface area contributed by atoms with E-state index in [-0.39, 0.29) is 17.5 Å². The Labute approximate surface area is 136 Å². The summed E-state index contributed by atoms with van der Waals surface area (Å²) in [5, 5.41) is 13.9. The zero-order chi connectivity index (χ0) is 17.0. The van der Waals surface area contributed by atoms with Crippen molar-refractivity contribution < 1.29 is 19.1 Å². The van der Waals surface area contributed by atoms with Gasteiger partial charge in [-0.2, -0.15) is 4.73 Å². The molecule has 1 aliphatic rings. The van der Waals surface area contributed by atoms with Crippen LogP contribution < -0.4 is 10.0 Å². The zero-order valence-electron chi connectivity index (χ0n) is 13.8. The van der Waals surface area contributed by atoms with E-state index in [1.807, 2.05) is 0 Å². The minimum absolute atomic E-state index is 0.128. The SMILES string of the molecule is C[C@@H]1[C@@H](C)CCC[C@H]1NC(=O)[C@@H](C)OC(=O)c1cc[n+]([O-])cc1. The maximum absolute atomic E-state index is 12.2. The van der Waals surface area contributed by atoms with E-state index in [1.54, 1.807) is 6.92 Å². The number of nitrogens with zero attached hydrogens (tertiary/aromatic N) is 1. The highest BCUT2D eigenvalue weighted by atomic mass is 16.5. The van der Waals surface area contributed by atoms with E-state index in [0.29, 0.717) is 16.6 Å². The highest BCUT2D eigenvalue weighted by Crippen LogP contribution is 2.29. The minimum atomic E-state index is -0.869. The second kappa shape index (κ2) is 7.44. The molecule has 1 aliphatic carbocycles. The minimum Gasteiger partial charge on any atom is -0.619 e. The van der Waals surface area contributed by atoms with Crippen LogP contribution in [0.25, 0.3) is 0 Å². The van der Waals surface area contributed by atoms with Crippen LogP contribution in [0.4, 0.5) is 0 Å². The number of aromatic nitrogens is 1. The standard InChI is InChI=1S/C17H24N2O4/c1-11-5-4-6-15(12(11)2)18-16(20)13(3)23-17(21)14-7-9-19(22)10-8-14/h7-13,15H,4-6H2,1-3H3,(H,18,20)/t11-,12+,13+,15+/m0/s1. The van der Waals surface area contributed by atoms with Crippen LogP contribution in [-0.4, -0.2) is 24.0 Å². The molecule has 1 saturated carbocycles. The largest absolute Gasteiger partial charge is 0.619 e. The second-order valence-electron chi connectivity index (χ2n) is 6.38. The molecule has 4 atom stereocenters. The summed E-state index contributed by atoms with van der Waals surface area (Å²) >= 11 is 0. The fraction of sp³-hybridized carbons (Fsp3) is 0.588. The first-order valence-corrected chi connectivity index (χ1v) is 8.08. The third-order valence-electron chi connectivity index (χ3n) is 4.73. The predicted octanol–water partition coefficient (Wildman–Crippen LogP) is 1.81. The summed E-state index contributed by atoms with van der Waals surface area (Å²) < 4.78 is 5.76. The second-order valence-corrected chi connectivity index (χ2v) is 6.38. The van der Waals surface area contributed by atoms with Crippen LogP contribution in [0.5, 0.6) is 0 Å². The van der Waals surface area contributed by atoms with Crippen LogP contribution in [0, 0.1) is 17.0 Å². The van der Waals surface area contributed by atoms with Crippen LogP contribution in [0.2, 0.25) is 0 Å². The van der Waals surface area contributed by atoms with Gasteiger partial charge in [-0.1, -0.05) is 26.7 Å². The Balaban J connectivity index is 1.89. The average molecular weight is 320 g/mol. The van der Waals surface area contributed by atoms with Gasteiger partial charge in [0.1, 0.15) is 0 Å². The molecule has 0 bridgehead atoms. The van der Waals surface area contributed by atoms with Crippen LogP contribution in [0.3, 0.4) is 0 Å². The highest BCUT2D eigenvalue weighted by Gasteiger charge is 2.30. The van der Waals surface area contributed by atoms with Crippen molar-refractivity contribution in [1.82, 2.24) is 5.32 Å². The number of esters is 1. The van der Waals surface area contributed by atoms with Gasteiger partial charge in [-0.3, -0.25) is 4.79 Å². The molecule has 0 radical (unpaired) electrons. The summed E-state index contributed by atoms with van der Waals surface area (Å²) in [7, 11) is 0. The lowest BCUT2D eigenvalue weighted by atomic mass is 9.78. The van der Waals surface area contributed by atoms with E-state index in [1.165, 1.54) is 30.9 Å². The van der Waals surface area contributed by atoms with Crippen molar-refractivity contribution in [2.24, 2.45) is 11.8 Å². The van der Waals surface area contributed by atoms with Gasteiger partial charge in [0, 0.05) is 18.2 Å². The molecule has 2 rings (SSSR count). The lowest BCUT2D eigenvalue weighted by Crippen LogP contribution is -2.47. The van der Waals surface area contributed by atoms with Crippen molar-refractivity contribution in [2.45, 2.75) is 52.2 Å². The van der Waals surface area contributed by atoms with Gasteiger partial charge < -0.3 is 15.3 Å². The monoisotopic (exact) mass is 320 g/mol. The van der Waals surface area contributed by atoms with E-state index in [2.05, 4.69) is 19.2 Å². The van der Waals surface area contributed by atoms with Gasteiger partial charge in [0.2, 0.25) is 0 Å². The Morgan fingerprint density at radius 1 is 1.30 bits per heavy atom. The molecule has 0 unspecified atom stereocenters. The fourth-order valence-corrected chi connectivity index (χ4v) is 2.92. The molecular formula is C17H24N2O4. The molecule has 0 spiro atoms. The molecule has 6 heteroatoms. The van der Waals surface area contributed by atoms with E-state index < -0.39 is 12.1 Å². The summed E-state index contributed by atoms with van der Waals surface area (Å²) in [6, 6.07) is 2.86. The van der Waals surface area contributed by atoms with Crippen LogP contribution >= 0.6 is 0 Å². The van der Waals surface area contributed by atoms with Crippen molar-refractivity contribution in [1.29, 1.82) is 0 Å². The Bertz CT molecular complexity index is 558. The zero-order valence-corrected chi connectivity index (χ0v) is 13.8. The van der Waals surface area contributed by atoms with E-state index >= 15 is 0 Å². The Hall–Kier alpha value is -2.11. The number of carbonyl (C=O) groups excluding carboxylic acids is 2. The lowest BCUT2D eigenvalue weighted by molar-refractivity contribution is -0.605. The van der Waals surface area contributed by atoms with Crippen LogP contribution in [0.15, 0.2) is 24.5 Å². The van der Waals surface area contributed by atoms with E-state index in [0.717, 1.165) is 12.8 Å². The van der Waals surface area contributed by atoms with Gasteiger partial charge in [-0.25, -0.2) is 4.79 Å². The van der Waals surface area contributed by atoms with Crippen molar-refractivity contribution >= 4 is 11.9 Å². The molecular weight excluding hydrogens is 296 g/mol. The molecule has 0 aromatic carbocycles. The maximum atomic E-state index is 12.2.